The van der Waals surface area contributed by atoms with E-state index in [1.807, 2.05) is 66.7 Å². The van der Waals surface area contributed by atoms with E-state index in [4.69, 9.17) is 4.74 Å². The number of rotatable bonds is 8. The zero-order valence-corrected chi connectivity index (χ0v) is 23.2. The summed E-state index contributed by atoms with van der Waals surface area (Å²) in [6, 6.07) is 22.3. The zero-order valence-electron chi connectivity index (χ0n) is 23.2. The van der Waals surface area contributed by atoms with Gasteiger partial charge in [-0.05, 0) is 73.4 Å². The Kier molecular flexibility index (Phi) is 8.75. The van der Waals surface area contributed by atoms with Crippen LogP contribution in [0.25, 0.3) is 0 Å². The number of aromatic nitrogens is 2. The highest BCUT2D eigenvalue weighted by Gasteiger charge is 2.41. The third-order valence-corrected chi connectivity index (χ3v) is 7.72. The van der Waals surface area contributed by atoms with Crippen LogP contribution >= 0.6 is 0 Å². The van der Waals surface area contributed by atoms with Crippen molar-refractivity contribution in [2.75, 3.05) is 18.1 Å². The molecule has 3 atom stereocenters. The predicted octanol–water partition coefficient (Wildman–Crippen LogP) is 8.08. The number of nitrogens with one attached hydrogen (secondary N) is 1. The maximum Gasteiger partial charge on any atom is 0.416 e. The highest BCUT2D eigenvalue weighted by Crippen LogP contribution is 2.40. The average molecular weight is 601 g/mol. The van der Waals surface area contributed by atoms with Crippen molar-refractivity contribution in [2.24, 2.45) is 0 Å². The molecule has 1 unspecified atom stereocenters. The first-order valence-electron chi connectivity index (χ1n) is 13.8. The minimum Gasteiger partial charge on any atom is -0.372 e. The molecule has 1 N–H and O–H groups in total. The SMILES string of the molecule is C[C@@H](OCC1(c2ccccc2)CC[C@H](N(c2ccccn2)c2ccccn2)CN1)c1cc(C(F)(F)F)cc(C(F)(F)F)c1. The minimum atomic E-state index is -4.94. The zero-order chi connectivity index (χ0) is 30.7. The monoisotopic (exact) mass is 600 g/mol. The van der Waals surface area contributed by atoms with Crippen molar-refractivity contribution in [3.63, 3.8) is 0 Å². The molecular formula is C32H30F6N4O. The highest BCUT2D eigenvalue weighted by atomic mass is 19.4. The molecule has 1 aliphatic heterocycles. The van der Waals surface area contributed by atoms with E-state index >= 15 is 0 Å². The van der Waals surface area contributed by atoms with Crippen LogP contribution < -0.4 is 10.2 Å². The lowest BCUT2D eigenvalue weighted by atomic mass is 9.81. The summed E-state index contributed by atoms with van der Waals surface area (Å²) in [5.74, 6) is 1.46. The highest BCUT2D eigenvalue weighted by molar-refractivity contribution is 5.57. The average Bonchev–Trinajstić information content (AvgIpc) is 3.01. The normalized spacial score (nSPS) is 20.0. The molecule has 1 fully saturated rings. The van der Waals surface area contributed by atoms with Gasteiger partial charge in [0.1, 0.15) is 11.6 Å². The molecule has 11 heteroatoms. The van der Waals surface area contributed by atoms with Crippen LogP contribution in [0, 0.1) is 0 Å². The number of hydrogen-bond acceptors (Lipinski definition) is 5. The van der Waals surface area contributed by atoms with Crippen molar-refractivity contribution in [3.8, 4) is 0 Å². The Hall–Kier alpha value is -3.96. The molecule has 0 spiro atoms. The lowest BCUT2D eigenvalue weighted by molar-refractivity contribution is -0.143. The number of nitrogens with zero attached hydrogens (tertiary/aromatic N) is 3. The summed E-state index contributed by atoms with van der Waals surface area (Å²) in [7, 11) is 0. The van der Waals surface area contributed by atoms with Crippen LogP contribution in [0.2, 0.25) is 0 Å². The third-order valence-electron chi connectivity index (χ3n) is 7.72. The van der Waals surface area contributed by atoms with Crippen LogP contribution in [0.15, 0.2) is 97.3 Å². The summed E-state index contributed by atoms with van der Waals surface area (Å²) in [4.78, 5) is 11.1. The van der Waals surface area contributed by atoms with Crippen molar-refractivity contribution >= 4 is 11.6 Å². The number of halogens is 6. The van der Waals surface area contributed by atoms with Crippen LogP contribution in [-0.4, -0.2) is 29.2 Å². The van der Waals surface area contributed by atoms with E-state index in [1.54, 1.807) is 12.4 Å². The van der Waals surface area contributed by atoms with Crippen molar-refractivity contribution < 1.29 is 31.1 Å². The van der Waals surface area contributed by atoms with Crippen molar-refractivity contribution in [1.82, 2.24) is 15.3 Å². The number of alkyl halides is 6. The Balaban J connectivity index is 1.40. The lowest BCUT2D eigenvalue weighted by Crippen LogP contribution is -2.56. The van der Waals surface area contributed by atoms with E-state index in [0.717, 1.165) is 29.3 Å². The Labute approximate surface area is 245 Å². The second kappa shape index (κ2) is 12.3. The maximum atomic E-state index is 13.5. The van der Waals surface area contributed by atoms with Crippen molar-refractivity contribution in [2.45, 2.75) is 49.8 Å². The third kappa shape index (κ3) is 7.00. The molecular weight excluding hydrogens is 570 g/mol. The van der Waals surface area contributed by atoms with Gasteiger partial charge in [0.15, 0.2) is 0 Å². The molecule has 226 valence electrons. The molecule has 2 aromatic heterocycles. The Morgan fingerprint density at radius 2 is 1.40 bits per heavy atom. The van der Waals surface area contributed by atoms with E-state index in [1.165, 1.54) is 6.92 Å². The first-order valence-corrected chi connectivity index (χ1v) is 13.8. The largest absolute Gasteiger partial charge is 0.416 e. The molecule has 4 aromatic rings. The number of anilines is 2. The molecule has 0 bridgehead atoms. The minimum absolute atomic E-state index is 0.0235. The summed E-state index contributed by atoms with van der Waals surface area (Å²) >= 11 is 0. The van der Waals surface area contributed by atoms with Crippen LogP contribution in [0.3, 0.4) is 0 Å². The summed E-state index contributed by atoms with van der Waals surface area (Å²) in [6.45, 7) is 1.97. The van der Waals surface area contributed by atoms with Crippen LogP contribution in [0.4, 0.5) is 38.0 Å². The number of ether oxygens (including phenoxy) is 1. The fourth-order valence-corrected chi connectivity index (χ4v) is 5.41. The summed E-state index contributed by atoms with van der Waals surface area (Å²) in [5.41, 5.74) is -2.76. The first-order chi connectivity index (χ1) is 20.5. The van der Waals surface area contributed by atoms with Crippen LogP contribution in [0.1, 0.15) is 48.1 Å². The van der Waals surface area contributed by atoms with Gasteiger partial charge in [0.05, 0.1) is 29.4 Å². The van der Waals surface area contributed by atoms with Gasteiger partial charge in [-0.25, -0.2) is 9.97 Å². The molecule has 1 aliphatic rings. The maximum absolute atomic E-state index is 13.5. The van der Waals surface area contributed by atoms with Gasteiger partial charge < -0.3 is 15.0 Å². The quantitative estimate of drug-likeness (QED) is 0.207. The number of benzene rings is 2. The molecule has 3 heterocycles. The fourth-order valence-electron chi connectivity index (χ4n) is 5.41. The molecule has 5 rings (SSSR count). The number of hydrogen-bond donors (Lipinski definition) is 1. The van der Waals surface area contributed by atoms with E-state index in [0.29, 0.717) is 19.4 Å². The van der Waals surface area contributed by atoms with Crippen LogP contribution in [-0.2, 0) is 22.6 Å². The van der Waals surface area contributed by atoms with Gasteiger partial charge in [-0.15, -0.1) is 0 Å². The Morgan fingerprint density at radius 1 is 0.837 bits per heavy atom. The predicted molar refractivity (Wildman–Crippen MR) is 151 cm³/mol. The van der Waals surface area contributed by atoms with Gasteiger partial charge in [-0.3, -0.25) is 0 Å². The van der Waals surface area contributed by atoms with Gasteiger partial charge in [-0.1, -0.05) is 42.5 Å². The number of piperidine rings is 1. The molecule has 43 heavy (non-hydrogen) atoms. The van der Waals surface area contributed by atoms with Gasteiger partial charge >= 0.3 is 12.4 Å². The topological polar surface area (TPSA) is 50.3 Å². The van der Waals surface area contributed by atoms with E-state index in [2.05, 4.69) is 20.2 Å². The summed E-state index contributed by atoms with van der Waals surface area (Å²) in [5, 5.41) is 3.61. The molecule has 1 saturated heterocycles. The van der Waals surface area contributed by atoms with Crippen molar-refractivity contribution in [3.05, 3.63) is 120 Å². The summed E-state index contributed by atoms with van der Waals surface area (Å²) in [6.07, 6.45) is -6.24. The number of pyridine rings is 2. The Morgan fingerprint density at radius 3 is 1.86 bits per heavy atom. The molecule has 5 nitrogen and oxygen atoms in total. The van der Waals surface area contributed by atoms with Gasteiger partial charge in [0.25, 0.3) is 0 Å². The molecule has 0 amide bonds. The molecule has 0 radical (unpaired) electrons. The standard InChI is InChI=1S/C32H30F6N4O/c1-22(23-17-25(31(33,34)35)19-26(18-23)32(36,37)38)43-21-30(24-9-3-2-4-10-24)14-13-27(20-41-30)42(28-11-5-7-15-39-28)29-12-6-8-16-40-29/h2-12,15-19,22,27,41H,13-14,20-21H2,1H3/t22-,27+,30?/m1/s1. The van der Waals surface area contributed by atoms with E-state index in [9.17, 15) is 26.3 Å². The molecule has 0 saturated carbocycles. The lowest BCUT2D eigenvalue weighted by Gasteiger charge is -2.45. The van der Waals surface area contributed by atoms with Crippen molar-refractivity contribution in [1.29, 1.82) is 0 Å². The van der Waals surface area contributed by atoms with Gasteiger partial charge in [0.2, 0.25) is 0 Å². The fraction of sp³-hybridized carbons (Fsp3) is 0.312. The second-order valence-corrected chi connectivity index (χ2v) is 10.6. The van der Waals surface area contributed by atoms with Crippen LogP contribution in [0.5, 0.6) is 0 Å². The smallest absolute Gasteiger partial charge is 0.372 e. The molecule has 2 aromatic carbocycles. The van der Waals surface area contributed by atoms with Gasteiger partial charge in [0, 0.05) is 25.0 Å². The van der Waals surface area contributed by atoms with E-state index < -0.39 is 35.1 Å². The Bertz CT molecular complexity index is 1400. The second-order valence-electron chi connectivity index (χ2n) is 10.6. The molecule has 0 aliphatic carbocycles. The van der Waals surface area contributed by atoms with Gasteiger partial charge in [-0.2, -0.15) is 26.3 Å². The first kappa shape index (κ1) is 30.5. The van der Waals surface area contributed by atoms with E-state index in [-0.39, 0.29) is 24.3 Å². The summed E-state index contributed by atoms with van der Waals surface area (Å²) < 4.78 is 86.9.